The van der Waals surface area contributed by atoms with Gasteiger partial charge in [-0.3, -0.25) is 9.48 Å². The molecule has 5 heteroatoms. The largest absolute Gasteiger partial charge is 0.393 e. The molecule has 0 aliphatic rings. The van der Waals surface area contributed by atoms with Gasteiger partial charge in [0.2, 0.25) is 5.91 Å². The van der Waals surface area contributed by atoms with Crippen LogP contribution in [0.5, 0.6) is 0 Å². The summed E-state index contributed by atoms with van der Waals surface area (Å²) >= 11 is 0. The first-order chi connectivity index (χ1) is 8.02. The lowest BCUT2D eigenvalue weighted by Crippen LogP contribution is -2.23. The fourth-order valence-electron chi connectivity index (χ4n) is 1.65. The molecule has 0 radical (unpaired) electrons. The highest BCUT2D eigenvalue weighted by Gasteiger charge is 2.08. The van der Waals surface area contributed by atoms with Gasteiger partial charge in [0.15, 0.2) is 0 Å². The maximum atomic E-state index is 11.5. The van der Waals surface area contributed by atoms with Crippen LogP contribution >= 0.6 is 0 Å². The number of aryl methyl sites for hydroxylation is 2. The van der Waals surface area contributed by atoms with E-state index in [-0.39, 0.29) is 5.91 Å². The number of amides is 1. The smallest absolute Gasteiger partial charge is 0.220 e. The number of nitrogens with one attached hydrogen (secondary N) is 1. The number of aliphatic hydroxyl groups excluding tert-OH is 1. The molecular formula is C12H21N3O2. The number of carbonyl (C=O) groups is 1. The van der Waals surface area contributed by atoms with Gasteiger partial charge < -0.3 is 10.4 Å². The molecular weight excluding hydrogens is 218 g/mol. The molecule has 0 aliphatic heterocycles. The Hall–Kier alpha value is -1.36. The van der Waals surface area contributed by atoms with Crippen LogP contribution in [0.3, 0.4) is 0 Å². The second-order valence-corrected chi connectivity index (χ2v) is 4.29. The van der Waals surface area contributed by atoms with Crippen LogP contribution in [0.1, 0.15) is 37.9 Å². The molecule has 0 aliphatic carbocycles. The van der Waals surface area contributed by atoms with Crippen LogP contribution < -0.4 is 5.32 Å². The lowest BCUT2D eigenvalue weighted by atomic mass is 10.2. The van der Waals surface area contributed by atoms with Crippen molar-refractivity contribution in [2.45, 2.75) is 45.8 Å². The van der Waals surface area contributed by atoms with E-state index < -0.39 is 6.10 Å². The molecule has 0 spiro atoms. The summed E-state index contributed by atoms with van der Waals surface area (Å²) in [6.07, 6.45) is 3.22. The van der Waals surface area contributed by atoms with E-state index in [2.05, 4.69) is 10.4 Å². The molecule has 0 saturated carbocycles. The van der Waals surface area contributed by atoms with Crippen molar-refractivity contribution in [1.29, 1.82) is 0 Å². The second kappa shape index (κ2) is 6.39. The first-order valence-corrected chi connectivity index (χ1v) is 5.99. The third-order valence-corrected chi connectivity index (χ3v) is 2.59. The molecule has 1 atom stereocenters. The van der Waals surface area contributed by atoms with Gasteiger partial charge in [-0.2, -0.15) is 5.10 Å². The van der Waals surface area contributed by atoms with Gasteiger partial charge in [-0.1, -0.05) is 6.92 Å². The van der Waals surface area contributed by atoms with Crippen molar-refractivity contribution < 1.29 is 9.90 Å². The van der Waals surface area contributed by atoms with E-state index in [4.69, 9.17) is 5.11 Å². The van der Waals surface area contributed by atoms with Gasteiger partial charge in [-0.15, -0.1) is 0 Å². The van der Waals surface area contributed by atoms with E-state index in [9.17, 15) is 4.79 Å². The topological polar surface area (TPSA) is 67.2 Å². The summed E-state index contributed by atoms with van der Waals surface area (Å²) in [5, 5.41) is 16.2. The third-order valence-electron chi connectivity index (χ3n) is 2.59. The average Bonchev–Trinajstić information content (AvgIpc) is 2.64. The summed E-state index contributed by atoms with van der Waals surface area (Å²) in [5.74, 6) is -0.0307. The highest BCUT2D eigenvalue weighted by Crippen LogP contribution is 2.06. The van der Waals surface area contributed by atoms with Crippen LogP contribution in [0.25, 0.3) is 0 Å². The number of aromatic nitrogens is 2. The van der Waals surface area contributed by atoms with Gasteiger partial charge in [0, 0.05) is 31.8 Å². The van der Waals surface area contributed by atoms with Crippen LogP contribution in [0.15, 0.2) is 6.20 Å². The van der Waals surface area contributed by atoms with Crippen molar-refractivity contribution in [3.8, 4) is 0 Å². The molecule has 1 heterocycles. The molecule has 1 rings (SSSR count). The molecule has 1 unspecified atom stereocenters. The van der Waals surface area contributed by atoms with E-state index in [1.54, 1.807) is 11.6 Å². The molecule has 0 aromatic carbocycles. The lowest BCUT2D eigenvalue weighted by Gasteiger charge is -2.06. The van der Waals surface area contributed by atoms with Gasteiger partial charge in [-0.25, -0.2) is 0 Å². The third kappa shape index (κ3) is 4.56. The van der Waals surface area contributed by atoms with Crippen LogP contribution in [-0.2, 0) is 24.8 Å². The van der Waals surface area contributed by atoms with Crippen molar-refractivity contribution in [1.82, 2.24) is 15.1 Å². The summed E-state index contributed by atoms with van der Waals surface area (Å²) in [7, 11) is 1.87. The zero-order chi connectivity index (χ0) is 12.8. The summed E-state index contributed by atoms with van der Waals surface area (Å²) in [5.41, 5.74) is 2.07. The molecule has 0 fully saturated rings. The Morgan fingerprint density at radius 3 is 2.94 bits per heavy atom. The number of hydrogen-bond acceptors (Lipinski definition) is 3. The zero-order valence-electron chi connectivity index (χ0n) is 10.7. The lowest BCUT2D eigenvalue weighted by molar-refractivity contribution is -0.121. The first kappa shape index (κ1) is 13.7. The van der Waals surface area contributed by atoms with Crippen LogP contribution in [0.2, 0.25) is 0 Å². The standard InChI is InChI=1S/C12H21N3O2/c1-4-11-10(8-15(3)14-11)7-13-12(17)6-5-9(2)16/h8-9,16H,4-7H2,1-3H3,(H,13,17). The molecule has 1 aromatic rings. The van der Waals surface area contributed by atoms with E-state index in [0.717, 1.165) is 17.7 Å². The SMILES string of the molecule is CCc1nn(C)cc1CNC(=O)CCC(C)O. The molecule has 0 bridgehead atoms. The van der Waals surface area contributed by atoms with E-state index in [1.165, 1.54) is 0 Å². The van der Waals surface area contributed by atoms with Crippen LogP contribution in [0, 0.1) is 0 Å². The Morgan fingerprint density at radius 1 is 1.65 bits per heavy atom. The Bertz CT molecular complexity index is 372. The van der Waals surface area contributed by atoms with Gasteiger partial charge in [-0.05, 0) is 19.8 Å². The minimum absolute atomic E-state index is 0.0307. The average molecular weight is 239 g/mol. The van der Waals surface area contributed by atoms with Gasteiger partial charge in [0.1, 0.15) is 0 Å². The predicted molar refractivity (Wildman–Crippen MR) is 65.3 cm³/mol. The highest BCUT2D eigenvalue weighted by molar-refractivity contribution is 5.75. The molecule has 2 N–H and O–H groups in total. The molecule has 0 saturated heterocycles. The minimum atomic E-state index is -0.426. The Labute approximate surface area is 102 Å². The van der Waals surface area contributed by atoms with Crippen molar-refractivity contribution in [2.75, 3.05) is 0 Å². The fraction of sp³-hybridized carbons (Fsp3) is 0.667. The maximum absolute atomic E-state index is 11.5. The van der Waals surface area contributed by atoms with Crippen molar-refractivity contribution >= 4 is 5.91 Å². The van der Waals surface area contributed by atoms with Gasteiger partial charge in [0.05, 0.1) is 11.8 Å². The number of hydrogen-bond donors (Lipinski definition) is 2. The summed E-state index contributed by atoms with van der Waals surface area (Å²) in [6.45, 7) is 4.24. The Balaban J connectivity index is 2.41. The molecule has 1 aromatic heterocycles. The maximum Gasteiger partial charge on any atom is 0.220 e. The molecule has 5 nitrogen and oxygen atoms in total. The Kier molecular flexibility index (Phi) is 5.15. The van der Waals surface area contributed by atoms with Gasteiger partial charge in [0.25, 0.3) is 0 Å². The normalized spacial score (nSPS) is 12.5. The minimum Gasteiger partial charge on any atom is -0.393 e. The van der Waals surface area contributed by atoms with Crippen molar-refractivity contribution in [3.05, 3.63) is 17.5 Å². The molecule has 17 heavy (non-hydrogen) atoms. The number of aliphatic hydroxyl groups is 1. The van der Waals surface area contributed by atoms with Crippen LogP contribution in [0.4, 0.5) is 0 Å². The molecule has 96 valence electrons. The van der Waals surface area contributed by atoms with Crippen LogP contribution in [-0.4, -0.2) is 26.9 Å². The Morgan fingerprint density at radius 2 is 2.35 bits per heavy atom. The predicted octanol–water partition coefficient (Wildman–Crippen LogP) is 0.760. The van der Waals surface area contributed by atoms with E-state index in [1.807, 2.05) is 20.2 Å². The van der Waals surface area contributed by atoms with E-state index in [0.29, 0.717) is 19.4 Å². The number of nitrogens with zero attached hydrogens (tertiary/aromatic N) is 2. The number of rotatable bonds is 6. The van der Waals surface area contributed by atoms with Crippen molar-refractivity contribution in [2.24, 2.45) is 7.05 Å². The monoisotopic (exact) mass is 239 g/mol. The van der Waals surface area contributed by atoms with Crippen molar-refractivity contribution in [3.63, 3.8) is 0 Å². The second-order valence-electron chi connectivity index (χ2n) is 4.29. The summed E-state index contributed by atoms with van der Waals surface area (Å²) < 4.78 is 1.76. The number of carbonyl (C=O) groups excluding carboxylic acids is 1. The zero-order valence-corrected chi connectivity index (χ0v) is 10.7. The van der Waals surface area contributed by atoms with Gasteiger partial charge >= 0.3 is 0 Å². The first-order valence-electron chi connectivity index (χ1n) is 5.99. The highest BCUT2D eigenvalue weighted by atomic mass is 16.3. The summed E-state index contributed by atoms with van der Waals surface area (Å²) in [6, 6.07) is 0. The molecule has 1 amide bonds. The van der Waals surface area contributed by atoms with E-state index >= 15 is 0 Å². The summed E-state index contributed by atoms with van der Waals surface area (Å²) in [4.78, 5) is 11.5. The fourth-order valence-corrected chi connectivity index (χ4v) is 1.65. The quantitative estimate of drug-likeness (QED) is 0.770.